The molecule has 0 aromatic heterocycles. The molecule has 0 atom stereocenters. The second kappa shape index (κ2) is 5.14. The first kappa shape index (κ1) is 10.4. The third-order valence-corrected chi connectivity index (χ3v) is 2.31. The molecule has 3 heteroatoms. The topological polar surface area (TPSA) is 20.3 Å². The minimum Gasteiger partial charge on any atom is -0.331 e. The van der Waals surface area contributed by atoms with Crippen LogP contribution in [-0.2, 0) is 4.79 Å². The Balaban J connectivity index is 2.35. The van der Waals surface area contributed by atoms with Crippen LogP contribution in [0.4, 0.5) is 0 Å². The number of hydrogen-bond acceptors (Lipinski definition) is 1. The molecular weight excluding hydrogens is 186 g/mol. The predicted molar refractivity (Wildman–Crippen MR) is 53.5 cm³/mol. The van der Waals surface area contributed by atoms with Crippen molar-refractivity contribution in [2.45, 2.75) is 19.3 Å². The molecule has 0 N–H and O–H groups in total. The molecule has 1 fully saturated rings. The van der Waals surface area contributed by atoms with E-state index in [-0.39, 0.29) is 5.91 Å². The Bertz CT molecular complexity index is 217. The Labute approximate surface area is 84.2 Å². The van der Waals surface area contributed by atoms with Crippen molar-refractivity contribution in [3.8, 4) is 12.3 Å². The molecule has 1 amide bonds. The summed E-state index contributed by atoms with van der Waals surface area (Å²) in [5.74, 6) is 3.65. The van der Waals surface area contributed by atoms with E-state index < -0.39 is 0 Å². The average molecular weight is 200 g/mol. The second-order valence-corrected chi connectivity index (χ2v) is 3.74. The molecule has 1 aliphatic carbocycles. The minimum atomic E-state index is 0.0832. The number of hydrogen-bond donors (Lipinski definition) is 0. The molecule has 0 aliphatic heterocycles. The first-order valence-corrected chi connectivity index (χ1v) is 5.08. The maximum Gasteiger partial charge on any atom is 0.224 e. The molecule has 13 heavy (non-hydrogen) atoms. The van der Waals surface area contributed by atoms with E-state index in [9.17, 15) is 4.79 Å². The fraction of sp³-hybridized carbons (Fsp3) is 0.700. The van der Waals surface area contributed by atoms with Crippen LogP contribution in [0.25, 0.3) is 0 Å². The number of terminal acetylenes is 1. The number of rotatable bonds is 5. The highest BCUT2D eigenvalue weighted by Crippen LogP contribution is 2.29. The smallest absolute Gasteiger partial charge is 0.224 e. The predicted octanol–water partition coefficient (Wildman–Crippen LogP) is 1.49. The molecule has 0 bridgehead atoms. The third kappa shape index (κ3) is 3.69. The summed E-state index contributed by atoms with van der Waals surface area (Å²) < 4.78 is 0. The molecule has 0 spiro atoms. The lowest BCUT2D eigenvalue weighted by molar-refractivity contribution is -0.130. The lowest BCUT2D eigenvalue weighted by atomic mass is 10.3. The standard InChI is InChI=1S/C10H14ClNO/c1-2-7-12(8-9-3-4-9)10(13)5-6-11/h1,9H,3-8H2. The molecule has 0 radical (unpaired) electrons. The number of nitrogens with zero attached hydrogens (tertiary/aromatic N) is 1. The molecule has 2 nitrogen and oxygen atoms in total. The van der Waals surface area contributed by atoms with E-state index in [1.165, 1.54) is 12.8 Å². The third-order valence-electron chi connectivity index (χ3n) is 2.12. The van der Waals surface area contributed by atoms with Gasteiger partial charge in [0.25, 0.3) is 0 Å². The summed E-state index contributed by atoms with van der Waals surface area (Å²) in [7, 11) is 0. The van der Waals surface area contributed by atoms with Crippen LogP contribution in [0.1, 0.15) is 19.3 Å². The van der Waals surface area contributed by atoms with E-state index in [1.54, 1.807) is 4.90 Å². The summed E-state index contributed by atoms with van der Waals surface area (Å²) in [6, 6.07) is 0. The van der Waals surface area contributed by atoms with Crippen LogP contribution in [0.5, 0.6) is 0 Å². The Morgan fingerprint density at radius 1 is 1.62 bits per heavy atom. The summed E-state index contributed by atoms with van der Waals surface area (Å²) in [5, 5.41) is 0. The molecule has 0 saturated heterocycles. The maximum atomic E-state index is 11.4. The lowest BCUT2D eigenvalue weighted by Gasteiger charge is -2.19. The zero-order valence-electron chi connectivity index (χ0n) is 7.63. The fourth-order valence-corrected chi connectivity index (χ4v) is 1.38. The lowest BCUT2D eigenvalue weighted by Crippen LogP contribution is -2.33. The van der Waals surface area contributed by atoms with Crippen LogP contribution < -0.4 is 0 Å². The number of amides is 1. The number of carbonyl (C=O) groups excluding carboxylic acids is 1. The summed E-state index contributed by atoms with van der Waals surface area (Å²) >= 11 is 5.49. The zero-order chi connectivity index (χ0) is 9.68. The van der Waals surface area contributed by atoms with Crippen molar-refractivity contribution in [2.75, 3.05) is 19.0 Å². The van der Waals surface area contributed by atoms with E-state index in [0.717, 1.165) is 6.54 Å². The molecule has 0 aromatic carbocycles. The van der Waals surface area contributed by atoms with Crippen LogP contribution in [-0.4, -0.2) is 29.8 Å². The molecule has 72 valence electrons. The molecule has 1 aliphatic rings. The Morgan fingerprint density at radius 3 is 2.77 bits per heavy atom. The van der Waals surface area contributed by atoms with Gasteiger partial charge in [-0.05, 0) is 18.8 Å². The van der Waals surface area contributed by atoms with Gasteiger partial charge >= 0.3 is 0 Å². The van der Waals surface area contributed by atoms with Crippen molar-refractivity contribution in [3.63, 3.8) is 0 Å². The van der Waals surface area contributed by atoms with Gasteiger partial charge in [-0.15, -0.1) is 18.0 Å². The van der Waals surface area contributed by atoms with Crippen LogP contribution in [0.15, 0.2) is 0 Å². The monoisotopic (exact) mass is 199 g/mol. The van der Waals surface area contributed by atoms with Crippen molar-refractivity contribution < 1.29 is 4.79 Å². The highest BCUT2D eigenvalue weighted by molar-refractivity contribution is 6.18. The minimum absolute atomic E-state index is 0.0832. The Hall–Kier alpha value is -0.680. The van der Waals surface area contributed by atoms with Gasteiger partial charge in [0, 0.05) is 18.8 Å². The molecule has 0 heterocycles. The molecule has 1 rings (SSSR count). The Kier molecular flexibility index (Phi) is 4.11. The fourth-order valence-electron chi connectivity index (χ4n) is 1.22. The molecule has 0 unspecified atom stereocenters. The van der Waals surface area contributed by atoms with Crippen LogP contribution >= 0.6 is 11.6 Å². The van der Waals surface area contributed by atoms with Gasteiger partial charge in [0.2, 0.25) is 5.91 Å². The van der Waals surface area contributed by atoms with Crippen molar-refractivity contribution >= 4 is 17.5 Å². The van der Waals surface area contributed by atoms with E-state index in [1.807, 2.05) is 0 Å². The summed E-state index contributed by atoms with van der Waals surface area (Å²) in [6.07, 6.45) is 8.04. The quantitative estimate of drug-likeness (QED) is 0.485. The van der Waals surface area contributed by atoms with Gasteiger partial charge in [-0.2, -0.15) is 0 Å². The summed E-state index contributed by atoms with van der Waals surface area (Å²) in [6.45, 7) is 1.24. The van der Waals surface area contributed by atoms with Gasteiger partial charge in [-0.3, -0.25) is 4.79 Å². The summed E-state index contributed by atoms with van der Waals surface area (Å²) in [4.78, 5) is 13.2. The molecule has 0 aromatic rings. The van der Waals surface area contributed by atoms with Gasteiger partial charge in [0.05, 0.1) is 6.54 Å². The van der Waals surface area contributed by atoms with Gasteiger partial charge in [0.1, 0.15) is 0 Å². The number of carbonyl (C=O) groups is 1. The molecular formula is C10H14ClNO. The highest BCUT2D eigenvalue weighted by atomic mass is 35.5. The van der Waals surface area contributed by atoms with Crippen molar-refractivity contribution in [2.24, 2.45) is 5.92 Å². The molecule has 1 saturated carbocycles. The number of alkyl halides is 1. The van der Waals surface area contributed by atoms with Gasteiger partial charge in [-0.25, -0.2) is 0 Å². The van der Waals surface area contributed by atoms with Crippen LogP contribution in [0.3, 0.4) is 0 Å². The van der Waals surface area contributed by atoms with E-state index in [2.05, 4.69) is 5.92 Å². The SMILES string of the molecule is C#CCN(CC1CC1)C(=O)CCCl. The second-order valence-electron chi connectivity index (χ2n) is 3.36. The van der Waals surface area contributed by atoms with Crippen molar-refractivity contribution in [1.82, 2.24) is 4.90 Å². The summed E-state index contributed by atoms with van der Waals surface area (Å²) in [5.41, 5.74) is 0. The van der Waals surface area contributed by atoms with Crippen LogP contribution in [0, 0.1) is 18.3 Å². The maximum absolute atomic E-state index is 11.4. The van der Waals surface area contributed by atoms with E-state index in [0.29, 0.717) is 24.8 Å². The van der Waals surface area contributed by atoms with Gasteiger partial charge < -0.3 is 4.90 Å². The largest absolute Gasteiger partial charge is 0.331 e. The average Bonchev–Trinajstić information content (AvgIpc) is 2.88. The normalized spacial score (nSPS) is 15.1. The van der Waals surface area contributed by atoms with Crippen molar-refractivity contribution in [1.29, 1.82) is 0 Å². The number of halogens is 1. The van der Waals surface area contributed by atoms with Gasteiger partial charge in [0.15, 0.2) is 0 Å². The first-order chi connectivity index (χ1) is 6.27. The van der Waals surface area contributed by atoms with Crippen LogP contribution in [0.2, 0.25) is 0 Å². The van der Waals surface area contributed by atoms with E-state index >= 15 is 0 Å². The van der Waals surface area contributed by atoms with Gasteiger partial charge in [-0.1, -0.05) is 5.92 Å². The van der Waals surface area contributed by atoms with E-state index in [4.69, 9.17) is 18.0 Å². The Morgan fingerprint density at radius 2 is 2.31 bits per heavy atom. The highest BCUT2D eigenvalue weighted by Gasteiger charge is 2.25. The zero-order valence-corrected chi connectivity index (χ0v) is 8.39. The first-order valence-electron chi connectivity index (χ1n) is 4.55. The van der Waals surface area contributed by atoms with Crippen molar-refractivity contribution in [3.05, 3.63) is 0 Å².